The monoisotopic (exact) mass is 252 g/mol. The summed E-state index contributed by atoms with van der Waals surface area (Å²) in [7, 11) is 0. The standard InChI is InChI=1S/C13H20N2O3/c1-13(2,3)18-12(17)15-11(9-16)8-10-6-4-5-7-14-10/h4-6,9,11,14H,7-8H2,1-3H3,(H,15,17)/t11-/m0/s1. The Bertz CT molecular complexity index is 367. The lowest BCUT2D eigenvalue weighted by atomic mass is 10.1. The molecule has 5 nitrogen and oxygen atoms in total. The summed E-state index contributed by atoms with van der Waals surface area (Å²) in [6, 6.07) is -0.579. The smallest absolute Gasteiger partial charge is 0.408 e. The second kappa shape index (κ2) is 6.23. The van der Waals surface area contributed by atoms with Crippen LogP contribution in [0.25, 0.3) is 0 Å². The van der Waals surface area contributed by atoms with E-state index in [-0.39, 0.29) is 0 Å². The third-order valence-electron chi connectivity index (χ3n) is 2.19. The molecule has 0 bridgehead atoms. The summed E-state index contributed by atoms with van der Waals surface area (Å²) < 4.78 is 5.10. The zero-order chi connectivity index (χ0) is 13.6. The van der Waals surface area contributed by atoms with E-state index in [0.717, 1.165) is 12.2 Å². The van der Waals surface area contributed by atoms with Gasteiger partial charge in [-0.15, -0.1) is 0 Å². The highest BCUT2D eigenvalue weighted by molar-refractivity contribution is 5.73. The van der Waals surface area contributed by atoms with Gasteiger partial charge in [-0.05, 0) is 26.8 Å². The quantitative estimate of drug-likeness (QED) is 0.744. The number of hydrogen-bond donors (Lipinski definition) is 2. The van der Waals surface area contributed by atoms with Gasteiger partial charge in [0.1, 0.15) is 11.9 Å². The molecule has 1 amide bonds. The number of alkyl carbamates (subject to hydrolysis) is 1. The fourth-order valence-electron chi connectivity index (χ4n) is 1.47. The second-order valence-corrected chi connectivity index (χ2v) is 5.09. The number of hydrogen-bond acceptors (Lipinski definition) is 4. The predicted molar refractivity (Wildman–Crippen MR) is 69.1 cm³/mol. The van der Waals surface area contributed by atoms with Crippen molar-refractivity contribution in [3.8, 4) is 0 Å². The molecule has 0 saturated heterocycles. The van der Waals surface area contributed by atoms with Gasteiger partial charge in [-0.3, -0.25) is 0 Å². The second-order valence-electron chi connectivity index (χ2n) is 5.09. The highest BCUT2D eigenvalue weighted by atomic mass is 16.6. The van der Waals surface area contributed by atoms with Crippen molar-refractivity contribution in [3.63, 3.8) is 0 Å². The van der Waals surface area contributed by atoms with Crippen LogP contribution in [0.5, 0.6) is 0 Å². The van der Waals surface area contributed by atoms with Gasteiger partial charge in [0, 0.05) is 18.7 Å². The highest BCUT2D eigenvalue weighted by Crippen LogP contribution is 2.08. The van der Waals surface area contributed by atoms with Crippen LogP contribution < -0.4 is 10.6 Å². The Morgan fingerprint density at radius 2 is 2.33 bits per heavy atom. The zero-order valence-electron chi connectivity index (χ0n) is 11.0. The van der Waals surface area contributed by atoms with Gasteiger partial charge >= 0.3 is 6.09 Å². The molecule has 1 aliphatic rings. The molecular weight excluding hydrogens is 232 g/mol. The van der Waals surface area contributed by atoms with E-state index in [1.807, 2.05) is 18.2 Å². The summed E-state index contributed by atoms with van der Waals surface area (Å²) in [6.07, 6.45) is 6.35. The first-order valence-corrected chi connectivity index (χ1v) is 5.95. The van der Waals surface area contributed by atoms with Crippen LogP contribution in [0.4, 0.5) is 4.79 Å². The largest absolute Gasteiger partial charge is 0.444 e. The Kier molecular flexibility index (Phi) is 4.95. The van der Waals surface area contributed by atoms with Crippen LogP contribution in [0.2, 0.25) is 0 Å². The van der Waals surface area contributed by atoms with E-state index in [9.17, 15) is 9.59 Å². The number of amides is 1. The third-order valence-corrected chi connectivity index (χ3v) is 2.19. The summed E-state index contributed by atoms with van der Waals surface area (Å²) in [6.45, 7) is 6.07. The number of carbonyl (C=O) groups is 2. The van der Waals surface area contributed by atoms with Crippen LogP contribution in [0, 0.1) is 0 Å². The molecule has 0 aromatic heterocycles. The summed E-state index contributed by atoms with van der Waals surface area (Å²) >= 11 is 0. The van der Waals surface area contributed by atoms with E-state index >= 15 is 0 Å². The van der Waals surface area contributed by atoms with E-state index < -0.39 is 17.7 Å². The maximum atomic E-state index is 11.5. The van der Waals surface area contributed by atoms with Crippen LogP contribution in [0.3, 0.4) is 0 Å². The average Bonchev–Trinajstić information content (AvgIpc) is 2.27. The van der Waals surface area contributed by atoms with Gasteiger partial charge in [-0.2, -0.15) is 0 Å². The normalized spacial score (nSPS) is 16.3. The van der Waals surface area contributed by atoms with Gasteiger partial charge in [-0.1, -0.05) is 12.2 Å². The van der Waals surface area contributed by atoms with E-state index in [0.29, 0.717) is 12.7 Å². The molecule has 2 N–H and O–H groups in total. The van der Waals surface area contributed by atoms with Crippen LogP contribution in [0.1, 0.15) is 27.2 Å². The number of nitrogens with one attached hydrogen (secondary N) is 2. The van der Waals surface area contributed by atoms with E-state index in [2.05, 4.69) is 10.6 Å². The minimum atomic E-state index is -0.579. The van der Waals surface area contributed by atoms with Crippen molar-refractivity contribution < 1.29 is 14.3 Å². The summed E-state index contributed by atoms with van der Waals surface area (Å²) in [5, 5.41) is 5.67. The molecule has 1 heterocycles. The van der Waals surface area contributed by atoms with Gasteiger partial charge in [0.25, 0.3) is 0 Å². The van der Waals surface area contributed by atoms with Crippen molar-refractivity contribution in [1.29, 1.82) is 0 Å². The maximum absolute atomic E-state index is 11.5. The molecule has 0 aromatic carbocycles. The Balaban J connectivity index is 2.46. The molecule has 0 spiro atoms. The first-order valence-electron chi connectivity index (χ1n) is 5.95. The predicted octanol–water partition coefficient (Wildman–Crippen LogP) is 1.51. The molecule has 18 heavy (non-hydrogen) atoms. The fourth-order valence-corrected chi connectivity index (χ4v) is 1.47. The van der Waals surface area contributed by atoms with E-state index in [1.54, 1.807) is 20.8 Å². The summed E-state index contributed by atoms with van der Waals surface area (Å²) in [5.41, 5.74) is 0.355. The molecule has 0 fully saturated rings. The van der Waals surface area contributed by atoms with Crippen molar-refractivity contribution >= 4 is 12.4 Å². The van der Waals surface area contributed by atoms with Gasteiger partial charge < -0.3 is 20.2 Å². The Labute approximate surface area is 107 Å². The third kappa shape index (κ3) is 5.52. The Morgan fingerprint density at radius 1 is 1.61 bits per heavy atom. The lowest BCUT2D eigenvalue weighted by Gasteiger charge is -2.22. The molecule has 0 aliphatic carbocycles. The number of allylic oxidation sites excluding steroid dienone is 2. The van der Waals surface area contributed by atoms with Crippen LogP contribution in [0.15, 0.2) is 23.9 Å². The minimum absolute atomic E-state index is 0.438. The number of ether oxygens (including phenoxy) is 1. The summed E-state index contributed by atoms with van der Waals surface area (Å²) in [5.74, 6) is 0. The van der Waals surface area contributed by atoms with Gasteiger partial charge in [0.2, 0.25) is 0 Å². The van der Waals surface area contributed by atoms with E-state index in [4.69, 9.17) is 4.74 Å². The molecular formula is C13H20N2O3. The van der Waals surface area contributed by atoms with Crippen molar-refractivity contribution in [1.82, 2.24) is 10.6 Å². The SMILES string of the molecule is CC(C)(C)OC(=O)N[C@H](C=O)CC1=CC=CCN1. The summed E-state index contributed by atoms with van der Waals surface area (Å²) in [4.78, 5) is 22.5. The maximum Gasteiger partial charge on any atom is 0.408 e. The number of dihydropyridines is 1. The molecule has 100 valence electrons. The molecule has 0 aromatic rings. The Hall–Kier alpha value is -1.78. The topological polar surface area (TPSA) is 67.4 Å². The van der Waals surface area contributed by atoms with Gasteiger partial charge in [0.05, 0.1) is 6.04 Å². The van der Waals surface area contributed by atoms with E-state index in [1.165, 1.54) is 0 Å². The first kappa shape index (κ1) is 14.3. The molecule has 0 radical (unpaired) electrons. The lowest BCUT2D eigenvalue weighted by molar-refractivity contribution is -0.109. The molecule has 1 atom stereocenters. The van der Waals surface area contributed by atoms with Crippen LogP contribution in [-0.2, 0) is 9.53 Å². The van der Waals surface area contributed by atoms with Crippen molar-refractivity contribution in [2.45, 2.75) is 38.8 Å². The fraction of sp³-hybridized carbons (Fsp3) is 0.538. The molecule has 0 unspecified atom stereocenters. The van der Waals surface area contributed by atoms with Crippen molar-refractivity contribution in [2.24, 2.45) is 0 Å². The lowest BCUT2D eigenvalue weighted by Crippen LogP contribution is -2.41. The molecule has 1 aliphatic heterocycles. The molecule has 1 rings (SSSR count). The van der Waals surface area contributed by atoms with Gasteiger partial charge in [-0.25, -0.2) is 4.79 Å². The van der Waals surface area contributed by atoms with Crippen molar-refractivity contribution in [2.75, 3.05) is 6.54 Å². The zero-order valence-corrected chi connectivity index (χ0v) is 11.0. The molecule has 0 saturated carbocycles. The van der Waals surface area contributed by atoms with Crippen molar-refractivity contribution in [3.05, 3.63) is 23.9 Å². The van der Waals surface area contributed by atoms with Gasteiger partial charge in [0.15, 0.2) is 0 Å². The number of aldehydes is 1. The highest BCUT2D eigenvalue weighted by Gasteiger charge is 2.19. The minimum Gasteiger partial charge on any atom is -0.444 e. The van der Waals surface area contributed by atoms with Crippen LogP contribution >= 0.6 is 0 Å². The number of rotatable bonds is 4. The van der Waals surface area contributed by atoms with Crippen LogP contribution in [-0.4, -0.2) is 30.6 Å². The Morgan fingerprint density at radius 3 is 2.83 bits per heavy atom. The molecule has 5 heteroatoms. The number of carbonyl (C=O) groups excluding carboxylic acids is 2. The first-order chi connectivity index (χ1) is 8.40. The average molecular weight is 252 g/mol.